The minimum atomic E-state index is -4.67. The van der Waals surface area contributed by atoms with Gasteiger partial charge >= 0.3 is 0 Å². The van der Waals surface area contributed by atoms with Crippen LogP contribution < -0.4 is 14.4 Å². The zero-order valence-corrected chi connectivity index (χ0v) is 30.5. The molecule has 49 heavy (non-hydrogen) atoms. The van der Waals surface area contributed by atoms with Crippen LogP contribution in [0.4, 0.5) is 11.4 Å². The van der Waals surface area contributed by atoms with Crippen LogP contribution in [0.3, 0.4) is 0 Å². The van der Waals surface area contributed by atoms with Crippen molar-refractivity contribution in [1.82, 2.24) is 10.2 Å². The van der Waals surface area contributed by atoms with Crippen LogP contribution in [0.1, 0.15) is 30.5 Å². The number of rotatable bonds is 14. The first kappa shape index (κ1) is 37.4. The third-order valence-corrected chi connectivity index (χ3v) is 10.1. The average Bonchev–Trinajstić information content (AvgIpc) is 3.06. The van der Waals surface area contributed by atoms with Gasteiger partial charge in [-0.15, -0.1) is 0 Å². The van der Waals surface area contributed by atoms with E-state index < -0.39 is 49.9 Å². The molecule has 0 aliphatic heterocycles. The number of hydrogen-bond donors (Lipinski definition) is 1. The van der Waals surface area contributed by atoms with Gasteiger partial charge in [0.05, 0.1) is 22.6 Å². The van der Waals surface area contributed by atoms with Crippen LogP contribution in [-0.4, -0.2) is 55.8 Å². The summed E-state index contributed by atoms with van der Waals surface area (Å²) in [5.41, 5.74) is 1.26. The molecule has 0 aliphatic rings. The van der Waals surface area contributed by atoms with Gasteiger partial charge in [-0.3, -0.25) is 24.0 Å². The number of amides is 2. The number of nitro benzene ring substituents is 1. The predicted octanol–water partition coefficient (Wildman–Crippen LogP) is 6.69. The summed E-state index contributed by atoms with van der Waals surface area (Å²) in [7, 11) is -3.34. The zero-order chi connectivity index (χ0) is 35.9. The lowest BCUT2D eigenvalue weighted by atomic mass is 10.0. The molecule has 0 fully saturated rings. The van der Waals surface area contributed by atoms with Crippen LogP contribution in [-0.2, 0) is 32.6 Å². The number of sulfonamides is 1. The summed E-state index contributed by atoms with van der Waals surface area (Å²) < 4.78 is 36.0. The monoisotopic (exact) mass is 770 g/mol. The van der Waals surface area contributed by atoms with Gasteiger partial charge in [0.2, 0.25) is 11.8 Å². The number of hydrogen-bond acceptors (Lipinski definition) is 7. The summed E-state index contributed by atoms with van der Waals surface area (Å²) in [6.07, 6.45) is 0.138. The van der Waals surface area contributed by atoms with E-state index in [0.717, 1.165) is 20.4 Å². The van der Waals surface area contributed by atoms with Crippen molar-refractivity contribution in [2.45, 2.75) is 50.7 Å². The number of methoxy groups -OCH3 is 1. The number of halogens is 2. The summed E-state index contributed by atoms with van der Waals surface area (Å²) >= 11 is 9.75. The van der Waals surface area contributed by atoms with Crippen LogP contribution in [0.25, 0.3) is 0 Å². The van der Waals surface area contributed by atoms with E-state index in [-0.39, 0.29) is 41.0 Å². The van der Waals surface area contributed by atoms with Crippen molar-refractivity contribution in [1.29, 1.82) is 0 Å². The number of anilines is 1. The Morgan fingerprint density at radius 2 is 1.65 bits per heavy atom. The van der Waals surface area contributed by atoms with Crippen molar-refractivity contribution in [2.24, 2.45) is 0 Å². The van der Waals surface area contributed by atoms with Crippen LogP contribution in [0.2, 0.25) is 5.02 Å². The second kappa shape index (κ2) is 16.3. The van der Waals surface area contributed by atoms with E-state index in [1.54, 1.807) is 38.1 Å². The Labute approximate surface area is 299 Å². The van der Waals surface area contributed by atoms with Crippen molar-refractivity contribution in [3.63, 3.8) is 0 Å². The van der Waals surface area contributed by atoms with E-state index in [1.807, 2.05) is 30.3 Å². The number of nitro groups is 1. The molecule has 0 bridgehead atoms. The Hall–Kier alpha value is -4.46. The van der Waals surface area contributed by atoms with Gasteiger partial charge in [0.15, 0.2) is 0 Å². The Bertz CT molecular complexity index is 1930. The summed E-state index contributed by atoms with van der Waals surface area (Å²) in [6.45, 7) is 4.27. The van der Waals surface area contributed by atoms with Crippen molar-refractivity contribution in [2.75, 3.05) is 18.0 Å². The standard InChI is InChI=1S/C35H36BrClN4O7S/c1-23(2)38-35(43)32(18-25-8-6-5-7-9-25)39(21-26-11-13-27(36)14-12-26)34(42)22-40(31-19-28(37)15-17-33(31)48-4)49(46,47)29-16-10-24(3)30(20-29)41(44)45/h5-17,19-20,23,32H,18,21-22H2,1-4H3,(H,38,43)/t32-/m0/s1. The molecule has 0 aromatic heterocycles. The minimum absolute atomic E-state index is 0.0360. The highest BCUT2D eigenvalue weighted by atomic mass is 79.9. The van der Waals surface area contributed by atoms with Gasteiger partial charge < -0.3 is 15.0 Å². The highest BCUT2D eigenvalue weighted by Crippen LogP contribution is 2.36. The zero-order valence-electron chi connectivity index (χ0n) is 27.3. The predicted molar refractivity (Wildman–Crippen MR) is 192 cm³/mol. The van der Waals surface area contributed by atoms with Gasteiger partial charge in [0.1, 0.15) is 18.3 Å². The first-order valence-corrected chi connectivity index (χ1v) is 17.8. The fourth-order valence-electron chi connectivity index (χ4n) is 5.17. The molecule has 0 spiro atoms. The molecule has 14 heteroatoms. The first-order valence-electron chi connectivity index (χ1n) is 15.2. The van der Waals surface area contributed by atoms with Crippen LogP contribution in [0, 0.1) is 17.0 Å². The second-order valence-electron chi connectivity index (χ2n) is 11.6. The van der Waals surface area contributed by atoms with E-state index in [4.69, 9.17) is 16.3 Å². The van der Waals surface area contributed by atoms with Gasteiger partial charge in [-0.05, 0) is 68.3 Å². The SMILES string of the molecule is COc1ccc(Cl)cc1N(CC(=O)N(Cc1ccc(Br)cc1)[C@@H](Cc1ccccc1)C(=O)NC(C)C)S(=O)(=O)c1ccc(C)c([N+](=O)[O-])c1. The lowest BCUT2D eigenvalue weighted by molar-refractivity contribution is -0.385. The number of carbonyl (C=O) groups excluding carboxylic acids is 2. The summed E-state index contributed by atoms with van der Waals surface area (Å²) in [4.78, 5) is 40.5. The van der Waals surface area contributed by atoms with Crippen LogP contribution >= 0.6 is 27.5 Å². The van der Waals surface area contributed by atoms with Crippen molar-refractivity contribution >= 4 is 60.7 Å². The van der Waals surface area contributed by atoms with E-state index in [1.165, 1.54) is 49.3 Å². The molecule has 4 rings (SSSR count). The maximum Gasteiger partial charge on any atom is 0.273 e. The van der Waals surface area contributed by atoms with Crippen LogP contribution in [0.5, 0.6) is 5.75 Å². The maximum absolute atomic E-state index is 14.7. The maximum atomic E-state index is 14.7. The van der Waals surface area contributed by atoms with E-state index in [0.29, 0.717) is 5.56 Å². The van der Waals surface area contributed by atoms with Crippen molar-refractivity contribution in [3.8, 4) is 5.75 Å². The molecule has 0 heterocycles. The number of nitrogens with one attached hydrogen (secondary N) is 1. The minimum Gasteiger partial charge on any atom is -0.495 e. The van der Waals surface area contributed by atoms with E-state index in [2.05, 4.69) is 21.2 Å². The molecular weight excluding hydrogens is 736 g/mol. The number of nitrogens with zero attached hydrogens (tertiary/aromatic N) is 3. The molecule has 0 saturated heterocycles. The Balaban J connectivity index is 1.89. The fraction of sp³-hybridized carbons (Fsp3) is 0.257. The van der Waals surface area contributed by atoms with Crippen LogP contribution in [0.15, 0.2) is 100 Å². The van der Waals surface area contributed by atoms with Gasteiger partial charge in [-0.2, -0.15) is 0 Å². The third kappa shape index (κ3) is 9.37. The molecule has 11 nitrogen and oxygen atoms in total. The molecule has 258 valence electrons. The summed E-state index contributed by atoms with van der Waals surface area (Å²) in [5, 5.41) is 14.8. The highest BCUT2D eigenvalue weighted by Gasteiger charge is 2.36. The van der Waals surface area contributed by atoms with Gasteiger partial charge in [0.25, 0.3) is 15.7 Å². The molecule has 0 unspecified atom stereocenters. The average molecular weight is 772 g/mol. The number of carbonyl (C=O) groups is 2. The number of aryl methyl sites for hydroxylation is 1. The smallest absolute Gasteiger partial charge is 0.273 e. The first-order chi connectivity index (χ1) is 23.2. The molecule has 0 aliphatic carbocycles. The number of ether oxygens (including phenoxy) is 1. The molecular formula is C35H36BrClN4O7S. The van der Waals surface area contributed by atoms with Crippen molar-refractivity contribution in [3.05, 3.63) is 127 Å². The topological polar surface area (TPSA) is 139 Å². The normalized spacial score (nSPS) is 11.9. The quantitative estimate of drug-likeness (QED) is 0.111. The van der Waals surface area contributed by atoms with Gasteiger partial charge in [-0.25, -0.2) is 8.42 Å². The molecule has 1 atom stereocenters. The van der Waals surface area contributed by atoms with Gasteiger partial charge in [0, 0.05) is 40.1 Å². The Kier molecular flexibility index (Phi) is 12.4. The molecule has 1 N–H and O–H groups in total. The van der Waals surface area contributed by atoms with Crippen molar-refractivity contribution < 1.29 is 27.7 Å². The second-order valence-corrected chi connectivity index (χ2v) is 14.8. The highest BCUT2D eigenvalue weighted by molar-refractivity contribution is 9.10. The van der Waals surface area contributed by atoms with E-state index in [9.17, 15) is 28.1 Å². The molecule has 0 saturated carbocycles. The van der Waals surface area contributed by atoms with Gasteiger partial charge in [-0.1, -0.05) is 76.1 Å². The Morgan fingerprint density at radius 1 is 0.980 bits per heavy atom. The third-order valence-electron chi connectivity index (χ3n) is 7.62. The fourth-order valence-corrected chi connectivity index (χ4v) is 7.03. The molecule has 2 amide bonds. The summed E-state index contributed by atoms with van der Waals surface area (Å²) in [5.74, 6) is -1.05. The lowest BCUT2D eigenvalue weighted by Gasteiger charge is -2.34. The largest absolute Gasteiger partial charge is 0.495 e. The number of benzene rings is 4. The molecule has 0 radical (unpaired) electrons. The molecule has 4 aromatic carbocycles. The summed E-state index contributed by atoms with van der Waals surface area (Å²) in [6, 6.07) is 22.9. The van der Waals surface area contributed by atoms with E-state index >= 15 is 0 Å². The molecule has 4 aromatic rings. The lowest BCUT2D eigenvalue weighted by Crippen LogP contribution is -2.54. The Morgan fingerprint density at radius 3 is 2.27 bits per heavy atom.